The maximum atomic E-state index is 4.03. The summed E-state index contributed by atoms with van der Waals surface area (Å²) in [5.41, 5.74) is 0. The normalized spacial score (nSPS) is 9.25. The largest absolute Gasteiger partial charge is 0.357 e. The van der Waals surface area contributed by atoms with Gasteiger partial charge in [0.2, 0.25) is 35.7 Å². The van der Waals surface area contributed by atoms with Crippen LogP contribution in [0.2, 0.25) is 0 Å². The maximum absolute atomic E-state index is 4.03. The molecule has 6 N–H and O–H groups in total. The van der Waals surface area contributed by atoms with Crippen molar-refractivity contribution < 1.29 is 0 Å². The van der Waals surface area contributed by atoms with Crippen LogP contribution in [0, 0.1) is 0 Å². The van der Waals surface area contributed by atoms with Crippen LogP contribution < -0.4 is 31.9 Å². The second-order valence-corrected chi connectivity index (χ2v) is 4.11. The molecule has 0 amide bonds. The van der Waals surface area contributed by atoms with Crippen LogP contribution in [0.3, 0.4) is 0 Å². The van der Waals surface area contributed by atoms with Crippen LogP contribution >= 0.6 is 0 Å². The van der Waals surface area contributed by atoms with Crippen LogP contribution in [-0.4, -0.2) is 72.2 Å². The molecule has 0 saturated heterocycles. The quantitative estimate of drug-likeness (QED) is 0.421. The first kappa shape index (κ1) is 18.9. The lowest BCUT2D eigenvalue weighted by atomic mass is 10.8. The van der Waals surface area contributed by atoms with Crippen LogP contribution in [0.5, 0.6) is 0 Å². The van der Waals surface area contributed by atoms with Crippen molar-refractivity contribution in [1.29, 1.82) is 0 Å². The predicted molar refractivity (Wildman–Crippen MR) is 96.9 cm³/mol. The molecule has 0 aliphatic carbocycles. The van der Waals surface area contributed by atoms with E-state index in [4.69, 9.17) is 0 Å². The summed E-state index contributed by atoms with van der Waals surface area (Å²) in [6, 6.07) is 0. The van der Waals surface area contributed by atoms with Gasteiger partial charge in [0.1, 0.15) is 0 Å². The zero-order chi connectivity index (χ0) is 17.9. The molecule has 0 aliphatic heterocycles. The molecule has 132 valence electrons. The third kappa shape index (κ3) is 5.55. The van der Waals surface area contributed by atoms with Crippen molar-refractivity contribution in [3.05, 3.63) is 0 Å². The molecule has 0 spiro atoms. The van der Waals surface area contributed by atoms with E-state index in [1.54, 1.807) is 42.3 Å². The first-order valence-corrected chi connectivity index (χ1v) is 7.18. The Bertz CT molecular complexity index is 465. The Morgan fingerprint density at radius 2 is 0.458 bits per heavy atom. The van der Waals surface area contributed by atoms with Crippen LogP contribution in [0.4, 0.5) is 35.7 Å². The van der Waals surface area contributed by atoms with Crippen molar-refractivity contribution in [2.45, 2.75) is 0 Å². The molecule has 0 saturated carbocycles. The van der Waals surface area contributed by atoms with Gasteiger partial charge in [0.15, 0.2) is 0 Å². The molecular formula is C12H24N12. The third-order valence-corrected chi connectivity index (χ3v) is 2.61. The van der Waals surface area contributed by atoms with Gasteiger partial charge in [0, 0.05) is 42.3 Å². The molecule has 0 bridgehead atoms. The van der Waals surface area contributed by atoms with Gasteiger partial charge in [0.25, 0.3) is 0 Å². The second-order valence-electron chi connectivity index (χ2n) is 4.11. The number of hydrogen-bond acceptors (Lipinski definition) is 12. The molecule has 24 heavy (non-hydrogen) atoms. The SMILES string of the molecule is CNc1nc(NC)nc(NC)n1.CNc1nc(NC)nc(NC)n1. The first-order valence-electron chi connectivity index (χ1n) is 7.18. The molecule has 12 heteroatoms. The summed E-state index contributed by atoms with van der Waals surface area (Å²) in [6.45, 7) is 0. The summed E-state index contributed by atoms with van der Waals surface area (Å²) >= 11 is 0. The number of hydrogen-bond donors (Lipinski definition) is 6. The lowest BCUT2D eigenvalue weighted by molar-refractivity contribution is 1.04. The topological polar surface area (TPSA) is 150 Å². The number of nitrogens with one attached hydrogen (secondary N) is 6. The van der Waals surface area contributed by atoms with E-state index in [1.807, 2.05) is 0 Å². The van der Waals surface area contributed by atoms with E-state index < -0.39 is 0 Å². The Labute approximate surface area is 140 Å². The zero-order valence-electron chi connectivity index (χ0n) is 14.7. The molecule has 0 radical (unpaired) electrons. The van der Waals surface area contributed by atoms with E-state index in [0.29, 0.717) is 35.7 Å². The highest BCUT2D eigenvalue weighted by atomic mass is 15.3. The molecule has 0 aromatic carbocycles. The summed E-state index contributed by atoms with van der Waals surface area (Å²) < 4.78 is 0. The smallest absolute Gasteiger partial charge is 0.229 e. The van der Waals surface area contributed by atoms with Crippen molar-refractivity contribution >= 4 is 35.7 Å². The molecule has 0 aliphatic rings. The van der Waals surface area contributed by atoms with E-state index in [-0.39, 0.29) is 0 Å². The average molecular weight is 336 g/mol. The van der Waals surface area contributed by atoms with Crippen LogP contribution in [0.1, 0.15) is 0 Å². The Morgan fingerprint density at radius 3 is 0.542 bits per heavy atom. The monoisotopic (exact) mass is 336 g/mol. The van der Waals surface area contributed by atoms with Gasteiger partial charge in [-0.05, 0) is 0 Å². The van der Waals surface area contributed by atoms with E-state index in [9.17, 15) is 0 Å². The highest BCUT2D eigenvalue weighted by Crippen LogP contribution is 2.07. The molecule has 2 aromatic heterocycles. The van der Waals surface area contributed by atoms with Crippen LogP contribution in [-0.2, 0) is 0 Å². The molecule has 2 rings (SSSR count). The van der Waals surface area contributed by atoms with Crippen molar-refractivity contribution in [3.8, 4) is 0 Å². The number of anilines is 6. The van der Waals surface area contributed by atoms with Gasteiger partial charge in [-0.15, -0.1) is 0 Å². The van der Waals surface area contributed by atoms with Gasteiger partial charge in [0.05, 0.1) is 0 Å². The summed E-state index contributed by atoms with van der Waals surface area (Å²) in [4.78, 5) is 24.2. The zero-order valence-corrected chi connectivity index (χ0v) is 14.7. The number of nitrogens with zero attached hydrogens (tertiary/aromatic N) is 6. The third-order valence-electron chi connectivity index (χ3n) is 2.61. The fourth-order valence-corrected chi connectivity index (χ4v) is 1.42. The van der Waals surface area contributed by atoms with Gasteiger partial charge < -0.3 is 31.9 Å². The Hall–Kier alpha value is -3.18. The molecule has 0 fully saturated rings. The van der Waals surface area contributed by atoms with Gasteiger partial charge in [-0.3, -0.25) is 0 Å². The van der Waals surface area contributed by atoms with Crippen LogP contribution in [0.25, 0.3) is 0 Å². The minimum atomic E-state index is 0.540. The molecule has 12 nitrogen and oxygen atoms in total. The lowest BCUT2D eigenvalue weighted by Gasteiger charge is -2.04. The van der Waals surface area contributed by atoms with Gasteiger partial charge >= 0.3 is 0 Å². The second kappa shape index (κ2) is 9.76. The van der Waals surface area contributed by atoms with Gasteiger partial charge in [-0.25, -0.2) is 0 Å². The van der Waals surface area contributed by atoms with Crippen molar-refractivity contribution in [3.63, 3.8) is 0 Å². The molecule has 0 unspecified atom stereocenters. The van der Waals surface area contributed by atoms with E-state index >= 15 is 0 Å². The summed E-state index contributed by atoms with van der Waals surface area (Å²) in [7, 11) is 10.5. The Balaban J connectivity index is 0.000000240. The average Bonchev–Trinajstić information content (AvgIpc) is 2.67. The summed E-state index contributed by atoms with van der Waals surface area (Å²) in [5.74, 6) is 3.24. The minimum absolute atomic E-state index is 0.540. The Morgan fingerprint density at radius 1 is 0.333 bits per heavy atom. The Kier molecular flexibility index (Phi) is 7.67. The molecular weight excluding hydrogens is 312 g/mol. The maximum Gasteiger partial charge on any atom is 0.229 e. The van der Waals surface area contributed by atoms with Crippen molar-refractivity contribution in [1.82, 2.24) is 29.9 Å². The molecule has 0 atom stereocenters. The lowest BCUT2D eigenvalue weighted by Crippen LogP contribution is -2.06. The molecule has 2 aromatic rings. The number of rotatable bonds is 6. The fourth-order valence-electron chi connectivity index (χ4n) is 1.42. The van der Waals surface area contributed by atoms with E-state index in [1.165, 1.54) is 0 Å². The first-order chi connectivity index (χ1) is 11.6. The van der Waals surface area contributed by atoms with Crippen LogP contribution in [0.15, 0.2) is 0 Å². The molecule has 2 heterocycles. The van der Waals surface area contributed by atoms with Gasteiger partial charge in [-0.1, -0.05) is 0 Å². The predicted octanol–water partition coefficient (Wildman–Crippen LogP) is -0.00660. The minimum Gasteiger partial charge on any atom is -0.357 e. The summed E-state index contributed by atoms with van der Waals surface area (Å²) in [5, 5.41) is 17.0. The highest BCUT2D eigenvalue weighted by Gasteiger charge is 2.01. The van der Waals surface area contributed by atoms with Crippen molar-refractivity contribution in [2.24, 2.45) is 0 Å². The van der Waals surface area contributed by atoms with E-state index in [0.717, 1.165) is 0 Å². The fraction of sp³-hybridized carbons (Fsp3) is 0.500. The standard InChI is InChI=1S/2C6H12N6/c2*1-7-4-10-5(8-2)12-6(9-3)11-4/h2*1-3H3,(H3,7,8,9,10,11,12). The van der Waals surface area contributed by atoms with E-state index in [2.05, 4.69) is 61.8 Å². The summed E-state index contributed by atoms with van der Waals surface area (Å²) in [6.07, 6.45) is 0. The van der Waals surface area contributed by atoms with Crippen molar-refractivity contribution in [2.75, 3.05) is 74.2 Å². The number of aromatic nitrogens is 6. The highest BCUT2D eigenvalue weighted by molar-refractivity contribution is 5.41. The van der Waals surface area contributed by atoms with Gasteiger partial charge in [-0.2, -0.15) is 29.9 Å².